The Labute approximate surface area is 110 Å². The number of amides is 2. The zero-order valence-corrected chi connectivity index (χ0v) is 10.4. The molecular formula is C13H14N2O4. The molecule has 6 heteroatoms. The quantitative estimate of drug-likeness (QED) is 0.698. The maximum absolute atomic E-state index is 11.5. The molecule has 0 saturated heterocycles. The van der Waals surface area contributed by atoms with Crippen LogP contribution in [0.3, 0.4) is 0 Å². The lowest BCUT2D eigenvalue weighted by molar-refractivity contribution is -0.139. The van der Waals surface area contributed by atoms with Crippen LogP contribution in [0.2, 0.25) is 0 Å². The summed E-state index contributed by atoms with van der Waals surface area (Å²) < 4.78 is 5.06. The van der Waals surface area contributed by atoms with E-state index >= 15 is 0 Å². The third kappa shape index (κ3) is 5.46. The van der Waals surface area contributed by atoms with Crippen LogP contribution < -0.4 is 15.4 Å². The van der Waals surface area contributed by atoms with Gasteiger partial charge >= 0.3 is 12.0 Å². The van der Waals surface area contributed by atoms with Crippen LogP contribution in [0.5, 0.6) is 5.75 Å². The minimum Gasteiger partial charge on any atom is -0.480 e. The van der Waals surface area contributed by atoms with E-state index in [1.807, 2.05) is 0 Å². The van der Waals surface area contributed by atoms with Crippen LogP contribution in [-0.2, 0) is 4.79 Å². The Morgan fingerprint density at radius 2 is 2.11 bits per heavy atom. The summed E-state index contributed by atoms with van der Waals surface area (Å²) in [5.41, 5.74) is 0.394. The monoisotopic (exact) mass is 262 g/mol. The molecule has 0 aliphatic heterocycles. The van der Waals surface area contributed by atoms with E-state index in [1.165, 1.54) is 0 Å². The molecule has 0 aliphatic rings. The number of para-hydroxylation sites is 2. The molecule has 0 saturated carbocycles. The molecule has 0 aromatic heterocycles. The Kier molecular flexibility index (Phi) is 5.76. The molecule has 3 N–H and O–H groups in total. The van der Waals surface area contributed by atoms with Gasteiger partial charge in [0.05, 0.1) is 12.2 Å². The number of urea groups is 1. The van der Waals surface area contributed by atoms with Crippen molar-refractivity contribution in [2.75, 3.05) is 18.5 Å². The van der Waals surface area contributed by atoms with Crippen molar-refractivity contribution in [1.82, 2.24) is 5.32 Å². The first-order chi connectivity index (χ1) is 9.13. The van der Waals surface area contributed by atoms with Gasteiger partial charge in [0.25, 0.3) is 0 Å². The van der Waals surface area contributed by atoms with E-state index in [9.17, 15) is 9.59 Å². The minimum absolute atomic E-state index is 0.237. The van der Waals surface area contributed by atoms with Crippen molar-refractivity contribution in [3.8, 4) is 17.6 Å². The van der Waals surface area contributed by atoms with Gasteiger partial charge in [-0.25, -0.2) is 9.59 Å². The molecule has 0 radical (unpaired) electrons. The number of carboxylic acids is 1. The zero-order chi connectivity index (χ0) is 14.1. The van der Waals surface area contributed by atoms with Crippen molar-refractivity contribution in [1.29, 1.82) is 0 Å². The number of carboxylic acid groups (broad SMARTS) is 1. The van der Waals surface area contributed by atoms with Gasteiger partial charge in [-0.3, -0.25) is 0 Å². The Balaban J connectivity index is 2.63. The highest BCUT2D eigenvalue weighted by molar-refractivity contribution is 5.91. The number of benzene rings is 1. The maximum atomic E-state index is 11.5. The largest absolute Gasteiger partial charge is 0.480 e. The van der Waals surface area contributed by atoms with Gasteiger partial charge in [-0.1, -0.05) is 18.1 Å². The molecule has 0 aliphatic carbocycles. The summed E-state index contributed by atoms with van der Waals surface area (Å²) in [5.74, 6) is 4.54. The molecule has 0 bridgehead atoms. The third-order valence-electron chi connectivity index (χ3n) is 2.00. The number of hydrogen-bond donors (Lipinski definition) is 3. The highest BCUT2D eigenvalue weighted by Gasteiger charge is 2.07. The molecule has 1 aromatic carbocycles. The first-order valence-corrected chi connectivity index (χ1v) is 5.51. The van der Waals surface area contributed by atoms with Gasteiger partial charge in [0, 0.05) is 0 Å². The predicted octanol–water partition coefficient (Wildman–Crippen LogP) is 1.29. The fraction of sp³-hybridized carbons (Fsp3) is 0.231. The van der Waals surface area contributed by atoms with Crippen molar-refractivity contribution in [3.63, 3.8) is 0 Å². The van der Waals surface area contributed by atoms with Crippen LogP contribution in [0.25, 0.3) is 0 Å². The van der Waals surface area contributed by atoms with Crippen LogP contribution in [0.15, 0.2) is 24.3 Å². The molecule has 2 amide bonds. The van der Waals surface area contributed by atoms with Gasteiger partial charge in [0.1, 0.15) is 5.75 Å². The fourth-order valence-corrected chi connectivity index (χ4v) is 1.21. The molecular weight excluding hydrogens is 248 g/mol. The molecule has 0 unspecified atom stereocenters. The Bertz CT molecular complexity index is 517. The Morgan fingerprint density at radius 3 is 2.79 bits per heavy atom. The van der Waals surface area contributed by atoms with Gasteiger partial charge in [-0.05, 0) is 19.1 Å². The third-order valence-corrected chi connectivity index (χ3v) is 2.00. The summed E-state index contributed by atoms with van der Waals surface area (Å²) in [6.07, 6.45) is 0. The van der Waals surface area contributed by atoms with Crippen molar-refractivity contribution < 1.29 is 19.4 Å². The molecule has 100 valence electrons. The van der Waals surface area contributed by atoms with E-state index in [1.54, 1.807) is 31.2 Å². The second kappa shape index (κ2) is 7.61. The summed E-state index contributed by atoms with van der Waals surface area (Å²) in [5, 5.41) is 13.6. The highest BCUT2D eigenvalue weighted by Crippen LogP contribution is 2.23. The summed E-state index contributed by atoms with van der Waals surface area (Å²) in [4.78, 5) is 22.0. The Hall–Kier alpha value is -2.68. The second-order valence-electron chi connectivity index (χ2n) is 3.41. The number of carbonyl (C=O) groups excluding carboxylic acids is 1. The van der Waals surface area contributed by atoms with E-state index in [0.717, 1.165) is 0 Å². The van der Waals surface area contributed by atoms with Crippen molar-refractivity contribution in [3.05, 3.63) is 24.3 Å². The number of hydrogen-bond acceptors (Lipinski definition) is 3. The summed E-state index contributed by atoms with van der Waals surface area (Å²) in [7, 11) is 0. The standard InChI is InChI=1S/C13H14N2O4/c1-2-3-8-14-13(18)15-10-6-4-5-7-11(10)19-9-12(16)17/h4-7H,8-9H2,1H3,(H,16,17)(H2,14,15,18). The van der Waals surface area contributed by atoms with Crippen molar-refractivity contribution in [2.45, 2.75) is 6.92 Å². The second-order valence-corrected chi connectivity index (χ2v) is 3.41. The summed E-state index contributed by atoms with van der Waals surface area (Å²) in [6, 6.07) is 6.14. The highest BCUT2D eigenvalue weighted by atomic mass is 16.5. The number of ether oxygens (including phenoxy) is 1. The molecule has 6 nitrogen and oxygen atoms in total. The van der Waals surface area contributed by atoms with Crippen LogP contribution in [0, 0.1) is 11.8 Å². The molecule has 1 aromatic rings. The van der Waals surface area contributed by atoms with E-state index < -0.39 is 18.6 Å². The van der Waals surface area contributed by atoms with Gasteiger partial charge in [0.2, 0.25) is 0 Å². The predicted molar refractivity (Wildman–Crippen MR) is 70.0 cm³/mol. The van der Waals surface area contributed by atoms with E-state index in [2.05, 4.69) is 22.5 Å². The van der Waals surface area contributed by atoms with E-state index in [-0.39, 0.29) is 6.54 Å². The smallest absolute Gasteiger partial charge is 0.341 e. The van der Waals surface area contributed by atoms with Gasteiger partial charge in [-0.2, -0.15) is 0 Å². The number of aliphatic carboxylic acids is 1. The van der Waals surface area contributed by atoms with E-state index in [0.29, 0.717) is 11.4 Å². The summed E-state index contributed by atoms with van der Waals surface area (Å²) in [6.45, 7) is 1.44. The summed E-state index contributed by atoms with van der Waals surface area (Å²) >= 11 is 0. The minimum atomic E-state index is -1.09. The van der Waals surface area contributed by atoms with Crippen molar-refractivity contribution >= 4 is 17.7 Å². The van der Waals surface area contributed by atoms with Crippen LogP contribution in [-0.4, -0.2) is 30.3 Å². The van der Waals surface area contributed by atoms with Gasteiger partial charge in [-0.15, -0.1) is 5.92 Å². The topological polar surface area (TPSA) is 87.7 Å². The van der Waals surface area contributed by atoms with Crippen LogP contribution in [0.4, 0.5) is 10.5 Å². The fourth-order valence-electron chi connectivity index (χ4n) is 1.21. The van der Waals surface area contributed by atoms with E-state index in [4.69, 9.17) is 9.84 Å². The Morgan fingerprint density at radius 1 is 1.37 bits per heavy atom. The molecule has 1 rings (SSSR count). The number of carbonyl (C=O) groups is 2. The average molecular weight is 262 g/mol. The maximum Gasteiger partial charge on any atom is 0.341 e. The normalized spacial score (nSPS) is 8.89. The first-order valence-electron chi connectivity index (χ1n) is 5.51. The lowest BCUT2D eigenvalue weighted by atomic mass is 10.3. The molecule has 0 spiro atoms. The first kappa shape index (κ1) is 14.4. The number of anilines is 1. The average Bonchev–Trinajstić information content (AvgIpc) is 2.38. The zero-order valence-electron chi connectivity index (χ0n) is 10.4. The SMILES string of the molecule is CC#CCNC(=O)Nc1ccccc1OCC(=O)O. The van der Waals surface area contributed by atoms with Gasteiger partial charge < -0.3 is 20.5 Å². The molecule has 0 atom stereocenters. The van der Waals surface area contributed by atoms with Crippen LogP contribution in [0.1, 0.15) is 6.92 Å². The number of rotatable bonds is 5. The lowest BCUT2D eigenvalue weighted by Gasteiger charge is -2.11. The van der Waals surface area contributed by atoms with Crippen LogP contribution >= 0.6 is 0 Å². The number of nitrogens with one attached hydrogen (secondary N) is 2. The van der Waals surface area contributed by atoms with Crippen molar-refractivity contribution in [2.24, 2.45) is 0 Å². The molecule has 19 heavy (non-hydrogen) atoms. The van der Waals surface area contributed by atoms with Gasteiger partial charge in [0.15, 0.2) is 6.61 Å². The molecule has 0 fully saturated rings. The lowest BCUT2D eigenvalue weighted by Crippen LogP contribution is -2.29. The molecule has 0 heterocycles.